The van der Waals surface area contributed by atoms with Crippen LogP contribution in [-0.4, -0.2) is 78.3 Å². The molecule has 0 saturated carbocycles. The van der Waals surface area contributed by atoms with Gasteiger partial charge in [-0.15, -0.1) is 12.4 Å². The van der Waals surface area contributed by atoms with E-state index in [4.69, 9.17) is 0 Å². The van der Waals surface area contributed by atoms with Gasteiger partial charge in [-0.3, -0.25) is 9.89 Å². The van der Waals surface area contributed by atoms with Crippen molar-refractivity contribution in [3.05, 3.63) is 17.0 Å². The molecule has 3 rings (SSSR count). The number of aromatic nitrogens is 2. The number of carbonyl (C=O) groups is 1. The summed E-state index contributed by atoms with van der Waals surface area (Å²) in [6, 6.07) is 0. The summed E-state index contributed by atoms with van der Waals surface area (Å²) in [5.41, 5.74) is 2.68. The molecule has 1 aromatic rings. The number of halogens is 1. The van der Waals surface area contributed by atoms with Crippen LogP contribution in [0.25, 0.3) is 0 Å². The molecule has 2 aliphatic heterocycles. The van der Waals surface area contributed by atoms with Crippen LogP contribution in [0.2, 0.25) is 0 Å². The van der Waals surface area contributed by atoms with Crippen LogP contribution < -0.4 is 10.6 Å². The number of nitrogens with one attached hydrogen (secondary N) is 3. The van der Waals surface area contributed by atoms with Crippen molar-refractivity contribution in [1.82, 2.24) is 30.6 Å². The topological polar surface area (TPSA) is 76.3 Å². The fourth-order valence-corrected chi connectivity index (χ4v) is 3.56. The maximum atomic E-state index is 12.4. The molecule has 3 heterocycles. The third kappa shape index (κ3) is 5.17. The van der Waals surface area contributed by atoms with Gasteiger partial charge in [0.1, 0.15) is 0 Å². The highest BCUT2D eigenvalue weighted by Gasteiger charge is 2.22. The molecule has 1 aromatic heterocycles. The van der Waals surface area contributed by atoms with E-state index < -0.39 is 0 Å². The molecule has 25 heavy (non-hydrogen) atoms. The number of hydrogen-bond donors (Lipinski definition) is 3. The minimum absolute atomic E-state index is 0. The fraction of sp³-hybridized carbons (Fsp3) is 0.765. The van der Waals surface area contributed by atoms with Gasteiger partial charge < -0.3 is 20.4 Å². The second-order valence-corrected chi connectivity index (χ2v) is 7.01. The van der Waals surface area contributed by atoms with Gasteiger partial charge in [0.05, 0.1) is 0 Å². The largest absolute Gasteiger partial charge is 0.350 e. The number of rotatable bonds is 6. The monoisotopic (exact) mass is 370 g/mol. The molecule has 1 fully saturated rings. The minimum atomic E-state index is -0.0566. The Morgan fingerprint density at radius 1 is 1.28 bits per heavy atom. The molecule has 0 aliphatic carbocycles. The van der Waals surface area contributed by atoms with Crippen molar-refractivity contribution in [2.75, 3.05) is 52.4 Å². The zero-order valence-corrected chi connectivity index (χ0v) is 16.1. The average Bonchev–Trinajstić information content (AvgIpc) is 3.04. The highest BCUT2D eigenvalue weighted by Crippen LogP contribution is 2.15. The van der Waals surface area contributed by atoms with Gasteiger partial charge in [0.2, 0.25) is 0 Å². The Morgan fingerprint density at radius 2 is 2.00 bits per heavy atom. The van der Waals surface area contributed by atoms with Crippen LogP contribution in [0, 0.1) is 5.92 Å². The van der Waals surface area contributed by atoms with Gasteiger partial charge in [0.25, 0.3) is 5.91 Å². The fourth-order valence-electron chi connectivity index (χ4n) is 3.56. The maximum Gasteiger partial charge on any atom is 0.272 e. The van der Waals surface area contributed by atoms with Gasteiger partial charge in [-0.25, -0.2) is 0 Å². The molecule has 1 atom stereocenters. The van der Waals surface area contributed by atoms with E-state index in [9.17, 15) is 4.79 Å². The van der Waals surface area contributed by atoms with Crippen LogP contribution in [0.3, 0.4) is 0 Å². The molecule has 1 amide bonds. The molecule has 0 aromatic carbocycles. The molecular formula is C17H31ClN6O. The molecule has 3 N–H and O–H groups in total. The number of amides is 1. The third-order valence-electron chi connectivity index (χ3n) is 5.11. The quantitative estimate of drug-likeness (QED) is 0.679. The van der Waals surface area contributed by atoms with E-state index >= 15 is 0 Å². The Balaban J connectivity index is 0.00000225. The first kappa shape index (κ1) is 20.2. The lowest BCUT2D eigenvalue weighted by molar-refractivity contribution is 0.0927. The van der Waals surface area contributed by atoms with E-state index in [-0.39, 0.29) is 18.3 Å². The minimum Gasteiger partial charge on any atom is -0.350 e. The first-order chi connectivity index (χ1) is 11.7. The molecule has 1 unspecified atom stereocenters. The highest BCUT2D eigenvalue weighted by atomic mass is 35.5. The molecule has 0 bridgehead atoms. The summed E-state index contributed by atoms with van der Waals surface area (Å²) in [6.07, 6.45) is 0.912. The Labute approximate surface area is 156 Å². The number of likely N-dealkylation sites (N-methyl/N-ethyl adjacent to an activating group) is 1. The number of fused-ring (bicyclic) bond motifs is 1. The van der Waals surface area contributed by atoms with Crippen molar-refractivity contribution in [1.29, 1.82) is 0 Å². The van der Waals surface area contributed by atoms with E-state index in [0.717, 1.165) is 70.0 Å². The van der Waals surface area contributed by atoms with Crippen LogP contribution in [-0.2, 0) is 13.0 Å². The van der Waals surface area contributed by atoms with Gasteiger partial charge in [-0.05, 0) is 12.5 Å². The SMILES string of the molecule is CCN1CCN(CC(C)CNC(=O)c2n[nH]c3c2CNCC3)CC1.Cl. The second kappa shape index (κ2) is 9.52. The van der Waals surface area contributed by atoms with E-state index in [1.807, 2.05) is 0 Å². The van der Waals surface area contributed by atoms with E-state index in [0.29, 0.717) is 18.2 Å². The number of nitrogens with zero attached hydrogens (tertiary/aromatic N) is 3. The smallest absolute Gasteiger partial charge is 0.272 e. The molecule has 1 saturated heterocycles. The lowest BCUT2D eigenvalue weighted by Crippen LogP contribution is -2.48. The Bertz CT molecular complexity index is 555. The summed E-state index contributed by atoms with van der Waals surface area (Å²) in [6.45, 7) is 13.5. The molecule has 142 valence electrons. The normalized spacial score (nSPS) is 19.8. The number of aromatic amines is 1. The molecule has 0 spiro atoms. The van der Waals surface area contributed by atoms with Crippen LogP contribution in [0.5, 0.6) is 0 Å². The van der Waals surface area contributed by atoms with Gasteiger partial charge in [-0.2, -0.15) is 5.10 Å². The number of H-pyrrole nitrogens is 1. The van der Waals surface area contributed by atoms with E-state index in [1.54, 1.807) is 0 Å². The first-order valence-corrected chi connectivity index (χ1v) is 9.17. The van der Waals surface area contributed by atoms with Gasteiger partial charge >= 0.3 is 0 Å². The Hall–Kier alpha value is -1.15. The van der Waals surface area contributed by atoms with E-state index in [1.165, 1.54) is 0 Å². The lowest BCUT2D eigenvalue weighted by atomic mass is 10.1. The van der Waals surface area contributed by atoms with Crippen LogP contribution in [0.4, 0.5) is 0 Å². The van der Waals surface area contributed by atoms with Crippen molar-refractivity contribution in [3.63, 3.8) is 0 Å². The maximum absolute atomic E-state index is 12.4. The summed E-state index contributed by atoms with van der Waals surface area (Å²) >= 11 is 0. The van der Waals surface area contributed by atoms with Crippen molar-refractivity contribution in [2.24, 2.45) is 5.92 Å². The Morgan fingerprint density at radius 3 is 2.72 bits per heavy atom. The van der Waals surface area contributed by atoms with Crippen molar-refractivity contribution in [3.8, 4) is 0 Å². The number of hydrogen-bond acceptors (Lipinski definition) is 5. The van der Waals surface area contributed by atoms with Crippen molar-refractivity contribution < 1.29 is 4.79 Å². The van der Waals surface area contributed by atoms with Crippen LogP contribution >= 0.6 is 12.4 Å². The van der Waals surface area contributed by atoms with Gasteiger partial charge in [0.15, 0.2) is 5.69 Å². The van der Waals surface area contributed by atoms with Crippen LogP contribution in [0.15, 0.2) is 0 Å². The number of carbonyl (C=O) groups excluding carboxylic acids is 1. The third-order valence-corrected chi connectivity index (χ3v) is 5.11. The summed E-state index contributed by atoms with van der Waals surface area (Å²) in [5, 5.41) is 13.6. The number of piperazine rings is 1. The molecule has 7 nitrogen and oxygen atoms in total. The van der Waals surface area contributed by atoms with Gasteiger partial charge in [-0.1, -0.05) is 13.8 Å². The summed E-state index contributed by atoms with van der Waals surface area (Å²) in [5.74, 6) is 0.383. The van der Waals surface area contributed by atoms with Crippen LogP contribution in [0.1, 0.15) is 35.6 Å². The second-order valence-electron chi connectivity index (χ2n) is 7.01. The van der Waals surface area contributed by atoms with Gasteiger partial charge in [0, 0.05) is 70.0 Å². The predicted molar refractivity (Wildman–Crippen MR) is 101 cm³/mol. The highest BCUT2D eigenvalue weighted by molar-refractivity contribution is 5.94. The Kier molecular flexibility index (Phi) is 7.68. The standard InChI is InChI=1S/C17H30N6O.ClH/c1-3-22-6-8-23(9-7-22)12-13(2)10-19-17(24)16-14-11-18-5-4-15(14)20-21-16;/h13,18H,3-12H2,1-2H3,(H,19,24)(H,20,21);1H. The molecular weight excluding hydrogens is 340 g/mol. The molecule has 2 aliphatic rings. The van der Waals surface area contributed by atoms with Crippen molar-refractivity contribution >= 4 is 18.3 Å². The average molecular weight is 371 g/mol. The molecule has 0 radical (unpaired) electrons. The zero-order chi connectivity index (χ0) is 16.9. The first-order valence-electron chi connectivity index (χ1n) is 9.17. The predicted octanol–water partition coefficient (Wildman–Crippen LogP) is 0.481. The summed E-state index contributed by atoms with van der Waals surface area (Å²) in [4.78, 5) is 17.4. The summed E-state index contributed by atoms with van der Waals surface area (Å²) < 4.78 is 0. The summed E-state index contributed by atoms with van der Waals surface area (Å²) in [7, 11) is 0. The lowest BCUT2D eigenvalue weighted by Gasteiger charge is -2.35. The zero-order valence-electron chi connectivity index (χ0n) is 15.3. The van der Waals surface area contributed by atoms with E-state index in [2.05, 4.69) is 44.5 Å². The molecule has 8 heteroatoms. The van der Waals surface area contributed by atoms with Crippen molar-refractivity contribution in [2.45, 2.75) is 26.8 Å².